The molecule has 0 amide bonds. The summed E-state index contributed by atoms with van der Waals surface area (Å²) in [5.74, 6) is 1.64. The summed E-state index contributed by atoms with van der Waals surface area (Å²) in [5.41, 5.74) is 4.91. The molecule has 4 bridgehead atoms. The van der Waals surface area contributed by atoms with Crippen LogP contribution < -0.4 is 15.7 Å². The lowest BCUT2D eigenvalue weighted by Gasteiger charge is -2.65. The minimum absolute atomic E-state index is 0.0749. The van der Waals surface area contributed by atoms with Gasteiger partial charge < -0.3 is 15.2 Å². The van der Waals surface area contributed by atoms with Crippen molar-refractivity contribution in [3.05, 3.63) is 64.1 Å². The molecule has 4 aliphatic carbocycles. The monoisotopic (exact) mass is 489 g/mol. The number of aliphatic hydroxyl groups is 1. The van der Waals surface area contributed by atoms with E-state index >= 15 is 0 Å². The topological polar surface area (TPSA) is 68.4 Å². The van der Waals surface area contributed by atoms with Crippen LogP contribution in [0.2, 0.25) is 0 Å². The van der Waals surface area contributed by atoms with E-state index in [2.05, 4.69) is 31.3 Å². The third-order valence-electron chi connectivity index (χ3n) is 9.31. The third-order valence-corrected chi connectivity index (χ3v) is 9.31. The summed E-state index contributed by atoms with van der Waals surface area (Å²) in [7, 11) is 3.50. The summed E-state index contributed by atoms with van der Waals surface area (Å²) < 4.78 is 9.12. The van der Waals surface area contributed by atoms with Crippen LogP contribution in [0, 0.1) is 16.7 Å². The number of nitrogens with one attached hydrogen (secondary N) is 1. The standard InChI is InChI=1S/C30H39N3O3/c1-28-12-21-13-29(2,17-28)19-30(14-21,18-28)31-15-20-5-8-23(9-6-20)36-16-26(34)22-7-10-24-25(11-22)33(4)27(35)32(24)3/h5-11,21,26,31,34H,12-19H2,1-4H3/t21?,26-,28-,29+,30?/m1/s1. The number of imidazole rings is 1. The first-order valence-electron chi connectivity index (χ1n) is 13.4. The van der Waals surface area contributed by atoms with Crippen molar-refractivity contribution in [3.63, 3.8) is 0 Å². The van der Waals surface area contributed by atoms with Gasteiger partial charge in [0.25, 0.3) is 0 Å². The van der Waals surface area contributed by atoms with E-state index in [1.165, 1.54) is 44.1 Å². The van der Waals surface area contributed by atoms with Gasteiger partial charge in [-0.15, -0.1) is 0 Å². The SMILES string of the molecule is Cn1c(=O)n(C)c2cc([C@H](O)COc3ccc(CNC45CC6C[C@@](C)(C4)C[C@](C)(C6)C5)cc3)ccc21. The average Bonchev–Trinajstić information content (AvgIpc) is 3.03. The molecule has 2 unspecified atom stereocenters. The molecule has 1 aromatic heterocycles. The highest BCUT2D eigenvalue weighted by Gasteiger charge is 2.59. The summed E-state index contributed by atoms with van der Waals surface area (Å²) in [6.07, 6.45) is 7.42. The number of aromatic nitrogens is 2. The van der Waals surface area contributed by atoms with Crippen molar-refractivity contribution in [3.8, 4) is 5.75 Å². The van der Waals surface area contributed by atoms with Crippen LogP contribution in [-0.2, 0) is 20.6 Å². The predicted octanol–water partition coefficient (Wildman–Crippen LogP) is 4.83. The van der Waals surface area contributed by atoms with Gasteiger partial charge in [0.2, 0.25) is 0 Å². The number of rotatable bonds is 7. The molecular formula is C30H39N3O3. The number of ether oxygens (including phenoxy) is 1. The van der Waals surface area contributed by atoms with Gasteiger partial charge in [0.15, 0.2) is 0 Å². The first-order valence-corrected chi connectivity index (χ1v) is 13.4. The van der Waals surface area contributed by atoms with Crippen LogP contribution in [-0.4, -0.2) is 26.4 Å². The second kappa shape index (κ2) is 8.22. The maximum atomic E-state index is 12.2. The van der Waals surface area contributed by atoms with Crippen LogP contribution >= 0.6 is 0 Å². The molecular weight excluding hydrogens is 450 g/mol. The number of hydrogen-bond acceptors (Lipinski definition) is 4. The number of aryl methyl sites for hydroxylation is 2. The molecule has 2 aromatic carbocycles. The Morgan fingerprint density at radius 1 is 0.972 bits per heavy atom. The van der Waals surface area contributed by atoms with Gasteiger partial charge >= 0.3 is 5.69 Å². The fourth-order valence-electron chi connectivity index (χ4n) is 8.64. The molecule has 5 atom stereocenters. The van der Waals surface area contributed by atoms with E-state index < -0.39 is 6.10 Å². The van der Waals surface area contributed by atoms with E-state index in [-0.39, 0.29) is 12.3 Å². The molecule has 4 aliphatic rings. The predicted molar refractivity (Wildman–Crippen MR) is 142 cm³/mol. The molecule has 0 aliphatic heterocycles. The molecule has 6 heteroatoms. The van der Waals surface area contributed by atoms with Crippen molar-refractivity contribution in [2.45, 2.75) is 70.6 Å². The smallest absolute Gasteiger partial charge is 0.328 e. The average molecular weight is 490 g/mol. The Labute approximate surface area is 213 Å². The Morgan fingerprint density at radius 3 is 2.31 bits per heavy atom. The van der Waals surface area contributed by atoms with E-state index in [1.54, 1.807) is 23.2 Å². The second-order valence-corrected chi connectivity index (χ2v) is 12.9. The molecule has 4 saturated carbocycles. The molecule has 1 heterocycles. The lowest BCUT2D eigenvalue weighted by Crippen LogP contribution is -2.63. The maximum Gasteiger partial charge on any atom is 0.328 e. The van der Waals surface area contributed by atoms with E-state index in [0.717, 1.165) is 34.8 Å². The number of benzene rings is 2. The molecule has 3 aromatic rings. The zero-order valence-electron chi connectivity index (χ0n) is 22.0. The Hall–Kier alpha value is -2.57. The van der Waals surface area contributed by atoms with Crippen LogP contribution in [0.25, 0.3) is 11.0 Å². The van der Waals surface area contributed by atoms with Crippen LogP contribution in [0.5, 0.6) is 5.75 Å². The molecule has 0 spiro atoms. The number of fused-ring (bicyclic) bond motifs is 1. The van der Waals surface area contributed by atoms with Crippen molar-refractivity contribution in [2.75, 3.05) is 6.61 Å². The van der Waals surface area contributed by atoms with Crippen molar-refractivity contribution < 1.29 is 9.84 Å². The summed E-state index contributed by atoms with van der Waals surface area (Å²) in [4.78, 5) is 12.2. The van der Waals surface area contributed by atoms with Crippen LogP contribution in [0.15, 0.2) is 47.3 Å². The largest absolute Gasteiger partial charge is 0.491 e. The Bertz CT molecular complexity index is 1340. The van der Waals surface area contributed by atoms with Gasteiger partial charge in [0, 0.05) is 26.2 Å². The summed E-state index contributed by atoms with van der Waals surface area (Å²) in [6.45, 7) is 6.08. The first-order chi connectivity index (χ1) is 17.1. The molecule has 0 radical (unpaired) electrons. The fourth-order valence-corrected chi connectivity index (χ4v) is 8.64. The molecule has 0 saturated heterocycles. The zero-order valence-corrected chi connectivity index (χ0v) is 22.0. The van der Waals surface area contributed by atoms with Crippen molar-refractivity contribution in [1.29, 1.82) is 0 Å². The van der Waals surface area contributed by atoms with E-state index in [0.29, 0.717) is 16.4 Å². The van der Waals surface area contributed by atoms with Gasteiger partial charge in [-0.2, -0.15) is 0 Å². The van der Waals surface area contributed by atoms with Gasteiger partial charge in [-0.25, -0.2) is 4.79 Å². The van der Waals surface area contributed by atoms with Crippen molar-refractivity contribution in [1.82, 2.24) is 14.5 Å². The van der Waals surface area contributed by atoms with Gasteiger partial charge in [0.05, 0.1) is 11.0 Å². The maximum absolute atomic E-state index is 12.2. The summed E-state index contributed by atoms with van der Waals surface area (Å²) in [5, 5.41) is 14.7. The highest BCUT2D eigenvalue weighted by atomic mass is 16.5. The first kappa shape index (κ1) is 23.8. The van der Waals surface area contributed by atoms with E-state index in [4.69, 9.17) is 4.74 Å². The molecule has 6 nitrogen and oxygen atoms in total. The minimum atomic E-state index is -0.773. The summed E-state index contributed by atoms with van der Waals surface area (Å²) >= 11 is 0. The van der Waals surface area contributed by atoms with Crippen molar-refractivity contribution >= 4 is 11.0 Å². The molecule has 2 N–H and O–H groups in total. The number of hydrogen-bond donors (Lipinski definition) is 2. The minimum Gasteiger partial charge on any atom is -0.491 e. The molecule has 36 heavy (non-hydrogen) atoms. The quantitative estimate of drug-likeness (QED) is 0.499. The Morgan fingerprint density at radius 2 is 1.64 bits per heavy atom. The third kappa shape index (κ3) is 4.08. The summed E-state index contributed by atoms with van der Waals surface area (Å²) in [6, 6.07) is 13.9. The van der Waals surface area contributed by atoms with Crippen molar-refractivity contribution in [2.24, 2.45) is 30.8 Å². The lowest BCUT2D eigenvalue weighted by atomic mass is 9.43. The number of nitrogens with zero attached hydrogens (tertiary/aromatic N) is 2. The number of aliphatic hydroxyl groups excluding tert-OH is 1. The van der Waals surface area contributed by atoms with E-state index in [9.17, 15) is 9.90 Å². The van der Waals surface area contributed by atoms with Gasteiger partial charge in [-0.3, -0.25) is 9.13 Å². The molecule has 7 rings (SSSR count). The fraction of sp³-hybridized carbons (Fsp3) is 0.567. The zero-order chi connectivity index (χ0) is 25.3. The Kier molecular flexibility index (Phi) is 5.44. The van der Waals surface area contributed by atoms with Crippen LogP contribution in [0.3, 0.4) is 0 Å². The Balaban J connectivity index is 1.07. The van der Waals surface area contributed by atoms with Gasteiger partial charge in [-0.05, 0) is 90.7 Å². The van der Waals surface area contributed by atoms with E-state index in [1.807, 2.05) is 30.3 Å². The highest BCUT2D eigenvalue weighted by molar-refractivity contribution is 5.77. The highest BCUT2D eigenvalue weighted by Crippen LogP contribution is 2.66. The van der Waals surface area contributed by atoms with Crippen LogP contribution in [0.1, 0.15) is 69.6 Å². The molecule has 4 fully saturated rings. The van der Waals surface area contributed by atoms with Crippen LogP contribution in [0.4, 0.5) is 0 Å². The normalized spacial score (nSPS) is 31.8. The lowest BCUT2D eigenvalue weighted by molar-refractivity contribution is -0.118. The van der Waals surface area contributed by atoms with Gasteiger partial charge in [-0.1, -0.05) is 32.0 Å². The molecule has 192 valence electrons. The second-order valence-electron chi connectivity index (χ2n) is 12.9. The van der Waals surface area contributed by atoms with Gasteiger partial charge in [0.1, 0.15) is 18.5 Å².